The largest absolute Gasteiger partial charge is 0.416 e. The van der Waals surface area contributed by atoms with Crippen LogP contribution in [0.25, 0.3) is 0 Å². The normalized spacial score (nSPS) is 21.0. The molecule has 0 amide bonds. The van der Waals surface area contributed by atoms with E-state index in [9.17, 15) is 13.2 Å². The molecule has 1 saturated heterocycles. The van der Waals surface area contributed by atoms with E-state index in [1.165, 1.54) is 25.0 Å². The van der Waals surface area contributed by atoms with Gasteiger partial charge in [0.2, 0.25) is 0 Å². The van der Waals surface area contributed by atoms with E-state index in [1.807, 2.05) is 0 Å². The molecule has 1 aliphatic heterocycles. The lowest BCUT2D eigenvalue weighted by atomic mass is 9.94. The minimum Gasteiger partial charge on any atom is -0.314 e. The molecule has 0 aliphatic carbocycles. The van der Waals surface area contributed by atoms with Gasteiger partial charge in [0, 0.05) is 6.04 Å². The van der Waals surface area contributed by atoms with Gasteiger partial charge in [-0.1, -0.05) is 12.5 Å². The number of halogens is 3. The summed E-state index contributed by atoms with van der Waals surface area (Å²) in [6.07, 6.45) is 0.0939. The van der Waals surface area contributed by atoms with E-state index in [-0.39, 0.29) is 0 Å². The first kappa shape index (κ1) is 13.4. The third-order valence-electron chi connectivity index (χ3n) is 3.55. The molecule has 1 N–H and O–H groups in total. The summed E-state index contributed by atoms with van der Waals surface area (Å²) in [7, 11) is 0. The van der Waals surface area contributed by atoms with E-state index in [0.29, 0.717) is 6.04 Å². The lowest BCUT2D eigenvalue weighted by Crippen LogP contribution is -2.35. The Hall–Kier alpha value is -1.03. The zero-order valence-corrected chi connectivity index (χ0v) is 10.5. The molecule has 0 saturated carbocycles. The quantitative estimate of drug-likeness (QED) is 0.851. The summed E-state index contributed by atoms with van der Waals surface area (Å²) in [4.78, 5) is 0. The SMILES string of the molecule is Cc1cc(C(F)(F)F)ccc1CC1CCCCN1. The van der Waals surface area contributed by atoms with Crippen molar-refractivity contribution in [2.75, 3.05) is 6.54 Å². The zero-order valence-electron chi connectivity index (χ0n) is 10.5. The first-order chi connectivity index (χ1) is 8.47. The van der Waals surface area contributed by atoms with Gasteiger partial charge in [0.05, 0.1) is 5.56 Å². The van der Waals surface area contributed by atoms with Crippen molar-refractivity contribution in [3.63, 3.8) is 0 Å². The topological polar surface area (TPSA) is 12.0 Å². The van der Waals surface area contributed by atoms with Crippen LogP contribution < -0.4 is 5.32 Å². The van der Waals surface area contributed by atoms with Crippen molar-refractivity contribution in [2.24, 2.45) is 0 Å². The van der Waals surface area contributed by atoms with Crippen molar-refractivity contribution in [1.82, 2.24) is 5.32 Å². The van der Waals surface area contributed by atoms with Crippen molar-refractivity contribution in [1.29, 1.82) is 0 Å². The number of hydrogen-bond donors (Lipinski definition) is 1. The molecular weight excluding hydrogens is 239 g/mol. The van der Waals surface area contributed by atoms with E-state index >= 15 is 0 Å². The van der Waals surface area contributed by atoms with Crippen LogP contribution in [0.2, 0.25) is 0 Å². The van der Waals surface area contributed by atoms with Crippen LogP contribution in [0.15, 0.2) is 18.2 Å². The van der Waals surface area contributed by atoms with Crippen LogP contribution in [0.1, 0.15) is 36.0 Å². The van der Waals surface area contributed by atoms with Gasteiger partial charge in [0.1, 0.15) is 0 Å². The summed E-state index contributed by atoms with van der Waals surface area (Å²) in [6.45, 7) is 2.78. The van der Waals surface area contributed by atoms with Crippen molar-refractivity contribution in [2.45, 2.75) is 44.8 Å². The number of nitrogens with one attached hydrogen (secondary N) is 1. The average Bonchev–Trinajstić information content (AvgIpc) is 2.32. The second kappa shape index (κ2) is 5.31. The third-order valence-corrected chi connectivity index (χ3v) is 3.55. The van der Waals surface area contributed by atoms with Crippen LogP contribution in [0, 0.1) is 6.92 Å². The van der Waals surface area contributed by atoms with Crippen LogP contribution in [-0.2, 0) is 12.6 Å². The maximum atomic E-state index is 12.5. The maximum Gasteiger partial charge on any atom is 0.416 e. The molecular formula is C14H18F3N. The molecule has 100 valence electrons. The number of piperidine rings is 1. The van der Waals surface area contributed by atoms with Crippen molar-refractivity contribution in [3.8, 4) is 0 Å². The Kier molecular flexibility index (Phi) is 3.95. The Morgan fingerprint density at radius 2 is 2.06 bits per heavy atom. The number of rotatable bonds is 2. The highest BCUT2D eigenvalue weighted by Gasteiger charge is 2.30. The van der Waals surface area contributed by atoms with Crippen LogP contribution in [0.5, 0.6) is 0 Å². The highest BCUT2D eigenvalue weighted by molar-refractivity contribution is 5.33. The van der Waals surface area contributed by atoms with Crippen LogP contribution in [0.3, 0.4) is 0 Å². The minimum absolute atomic E-state index is 0.411. The molecule has 1 heterocycles. The van der Waals surface area contributed by atoms with Crippen molar-refractivity contribution in [3.05, 3.63) is 34.9 Å². The Labute approximate surface area is 105 Å². The number of hydrogen-bond acceptors (Lipinski definition) is 1. The van der Waals surface area contributed by atoms with Crippen LogP contribution in [-0.4, -0.2) is 12.6 Å². The highest BCUT2D eigenvalue weighted by Crippen LogP contribution is 2.30. The maximum absolute atomic E-state index is 12.5. The molecule has 0 bridgehead atoms. The van der Waals surface area contributed by atoms with E-state index < -0.39 is 11.7 Å². The smallest absolute Gasteiger partial charge is 0.314 e. The van der Waals surface area contributed by atoms with E-state index in [1.54, 1.807) is 13.0 Å². The fraction of sp³-hybridized carbons (Fsp3) is 0.571. The van der Waals surface area contributed by atoms with Gasteiger partial charge < -0.3 is 5.32 Å². The molecule has 1 unspecified atom stereocenters. The van der Waals surface area contributed by atoms with Gasteiger partial charge in [-0.3, -0.25) is 0 Å². The number of alkyl halides is 3. The molecule has 2 rings (SSSR count). The Balaban J connectivity index is 2.09. The first-order valence-electron chi connectivity index (χ1n) is 6.37. The van der Waals surface area contributed by atoms with Crippen molar-refractivity contribution >= 4 is 0 Å². The molecule has 1 fully saturated rings. The molecule has 1 aromatic rings. The summed E-state index contributed by atoms with van der Waals surface area (Å²) in [5.74, 6) is 0. The first-order valence-corrected chi connectivity index (χ1v) is 6.37. The summed E-state index contributed by atoms with van der Waals surface area (Å²) < 4.78 is 37.6. The molecule has 1 aliphatic rings. The summed E-state index contributed by atoms with van der Waals surface area (Å²) >= 11 is 0. The van der Waals surface area contributed by atoms with Gasteiger partial charge in [-0.15, -0.1) is 0 Å². The molecule has 1 nitrogen and oxygen atoms in total. The van der Waals surface area contributed by atoms with Gasteiger partial charge in [-0.2, -0.15) is 13.2 Å². The fourth-order valence-corrected chi connectivity index (χ4v) is 2.46. The molecule has 0 radical (unpaired) electrons. The Morgan fingerprint density at radius 3 is 2.61 bits per heavy atom. The summed E-state index contributed by atoms with van der Waals surface area (Å²) in [5.41, 5.74) is 1.19. The lowest BCUT2D eigenvalue weighted by Gasteiger charge is -2.24. The number of benzene rings is 1. The predicted octanol–water partition coefficient (Wildman–Crippen LogP) is 3.70. The predicted molar refractivity (Wildman–Crippen MR) is 65.5 cm³/mol. The van der Waals surface area contributed by atoms with E-state index in [2.05, 4.69) is 5.32 Å². The van der Waals surface area contributed by atoms with Gasteiger partial charge in [0.15, 0.2) is 0 Å². The van der Waals surface area contributed by atoms with Gasteiger partial charge in [-0.05, 0) is 56.0 Å². The Bertz CT molecular complexity index is 406. The second-order valence-electron chi connectivity index (χ2n) is 4.99. The summed E-state index contributed by atoms with van der Waals surface area (Å²) in [5, 5.41) is 3.42. The molecule has 0 aromatic heterocycles. The average molecular weight is 257 g/mol. The second-order valence-corrected chi connectivity index (χ2v) is 4.99. The lowest BCUT2D eigenvalue weighted by molar-refractivity contribution is -0.137. The molecule has 1 atom stereocenters. The molecule has 1 aromatic carbocycles. The fourth-order valence-electron chi connectivity index (χ4n) is 2.46. The molecule has 0 spiro atoms. The van der Waals surface area contributed by atoms with E-state index in [0.717, 1.165) is 30.5 Å². The third kappa shape index (κ3) is 3.25. The zero-order chi connectivity index (χ0) is 13.2. The molecule has 18 heavy (non-hydrogen) atoms. The van der Waals surface area contributed by atoms with Crippen LogP contribution >= 0.6 is 0 Å². The van der Waals surface area contributed by atoms with Crippen LogP contribution in [0.4, 0.5) is 13.2 Å². The van der Waals surface area contributed by atoms with Gasteiger partial charge in [-0.25, -0.2) is 0 Å². The van der Waals surface area contributed by atoms with E-state index in [4.69, 9.17) is 0 Å². The monoisotopic (exact) mass is 257 g/mol. The molecule has 4 heteroatoms. The standard InChI is InChI=1S/C14H18F3N/c1-10-8-12(14(15,16)17)6-5-11(10)9-13-4-2-3-7-18-13/h5-6,8,13,18H,2-4,7,9H2,1H3. The Morgan fingerprint density at radius 1 is 1.28 bits per heavy atom. The van der Waals surface area contributed by atoms with Crippen molar-refractivity contribution < 1.29 is 13.2 Å². The summed E-state index contributed by atoms with van der Waals surface area (Å²) in [6, 6.07) is 4.46. The minimum atomic E-state index is -4.24. The highest BCUT2D eigenvalue weighted by atomic mass is 19.4. The number of aryl methyl sites for hydroxylation is 1. The van der Waals surface area contributed by atoms with Gasteiger partial charge >= 0.3 is 6.18 Å². The van der Waals surface area contributed by atoms with Gasteiger partial charge in [0.25, 0.3) is 0 Å².